The summed E-state index contributed by atoms with van der Waals surface area (Å²) >= 11 is 0. The van der Waals surface area contributed by atoms with E-state index >= 15 is 0 Å². The SMILES string of the molecule is Cc1cccc(-n2ncc3ccc(-c4cccc(C(C)CC(F)(F)F)n4)cc32)n1. The van der Waals surface area contributed by atoms with Gasteiger partial charge in [0.2, 0.25) is 0 Å². The molecule has 29 heavy (non-hydrogen) atoms. The van der Waals surface area contributed by atoms with Crippen molar-refractivity contribution in [2.75, 3.05) is 0 Å². The highest BCUT2D eigenvalue weighted by Gasteiger charge is 2.31. The molecule has 0 spiro atoms. The highest BCUT2D eigenvalue weighted by Crippen LogP contribution is 2.31. The molecule has 0 saturated heterocycles. The number of hydrogen-bond acceptors (Lipinski definition) is 3. The summed E-state index contributed by atoms with van der Waals surface area (Å²) in [5, 5.41) is 5.38. The molecule has 0 saturated carbocycles. The molecule has 3 heterocycles. The van der Waals surface area contributed by atoms with Crippen LogP contribution in [0.2, 0.25) is 0 Å². The van der Waals surface area contributed by atoms with Crippen molar-refractivity contribution in [1.82, 2.24) is 19.7 Å². The molecule has 1 unspecified atom stereocenters. The molecule has 4 rings (SSSR count). The van der Waals surface area contributed by atoms with Gasteiger partial charge in [0.05, 0.1) is 23.8 Å². The summed E-state index contributed by atoms with van der Waals surface area (Å²) in [4.78, 5) is 9.01. The standard InChI is InChI=1S/C22H19F3N4/c1-14(12-22(23,24)25)18-6-4-7-19(28-18)16-9-10-17-13-26-29(20(17)11-16)21-8-3-5-15(2)27-21/h3-11,13-14H,12H2,1-2H3. The Morgan fingerprint density at radius 3 is 2.55 bits per heavy atom. The van der Waals surface area contributed by atoms with Crippen LogP contribution >= 0.6 is 0 Å². The molecule has 3 aromatic heterocycles. The predicted molar refractivity (Wildman–Crippen MR) is 106 cm³/mol. The first-order valence-corrected chi connectivity index (χ1v) is 9.26. The highest BCUT2D eigenvalue weighted by molar-refractivity contribution is 5.84. The van der Waals surface area contributed by atoms with Crippen molar-refractivity contribution in [1.29, 1.82) is 0 Å². The van der Waals surface area contributed by atoms with Gasteiger partial charge in [-0.2, -0.15) is 18.3 Å². The average Bonchev–Trinajstić information content (AvgIpc) is 3.10. The van der Waals surface area contributed by atoms with Crippen LogP contribution in [0, 0.1) is 6.92 Å². The fourth-order valence-corrected chi connectivity index (χ4v) is 3.35. The number of benzene rings is 1. The number of halogens is 3. The Morgan fingerprint density at radius 1 is 1.00 bits per heavy atom. The first-order chi connectivity index (χ1) is 13.8. The molecule has 1 aromatic carbocycles. The molecule has 0 aliphatic rings. The van der Waals surface area contributed by atoms with Crippen LogP contribution in [0.1, 0.15) is 30.7 Å². The Kier molecular flexibility index (Phi) is 4.82. The normalized spacial score (nSPS) is 13.0. The Bertz CT molecular complexity index is 1160. The summed E-state index contributed by atoms with van der Waals surface area (Å²) in [7, 11) is 0. The van der Waals surface area contributed by atoms with E-state index in [-0.39, 0.29) is 0 Å². The molecule has 7 heteroatoms. The number of hydrogen-bond donors (Lipinski definition) is 0. The number of alkyl halides is 3. The van der Waals surface area contributed by atoms with Crippen LogP contribution in [-0.4, -0.2) is 25.9 Å². The number of fused-ring (bicyclic) bond motifs is 1. The summed E-state index contributed by atoms with van der Waals surface area (Å²) in [5.41, 5.74) is 3.61. The number of pyridine rings is 2. The largest absolute Gasteiger partial charge is 0.389 e. The summed E-state index contributed by atoms with van der Waals surface area (Å²) in [6.07, 6.45) is -3.35. The van der Waals surface area contributed by atoms with Gasteiger partial charge < -0.3 is 0 Å². The lowest BCUT2D eigenvalue weighted by atomic mass is 10.0. The Labute approximate surface area is 166 Å². The van der Waals surface area contributed by atoms with Crippen molar-refractivity contribution < 1.29 is 13.2 Å². The van der Waals surface area contributed by atoms with E-state index in [4.69, 9.17) is 0 Å². The molecule has 4 aromatic rings. The van der Waals surface area contributed by atoms with E-state index in [9.17, 15) is 13.2 Å². The maximum Gasteiger partial charge on any atom is 0.389 e. The first-order valence-electron chi connectivity index (χ1n) is 9.26. The van der Waals surface area contributed by atoms with Gasteiger partial charge in [0, 0.05) is 28.3 Å². The van der Waals surface area contributed by atoms with Crippen LogP contribution in [0.25, 0.3) is 28.0 Å². The molecule has 0 fully saturated rings. The maximum absolute atomic E-state index is 12.7. The molecule has 148 valence electrons. The van der Waals surface area contributed by atoms with Crippen molar-refractivity contribution in [3.63, 3.8) is 0 Å². The predicted octanol–water partition coefficient (Wildman–Crippen LogP) is 5.85. The van der Waals surface area contributed by atoms with E-state index < -0.39 is 18.5 Å². The zero-order valence-electron chi connectivity index (χ0n) is 16.0. The van der Waals surface area contributed by atoms with Gasteiger partial charge >= 0.3 is 6.18 Å². The number of nitrogens with zero attached hydrogens (tertiary/aromatic N) is 4. The topological polar surface area (TPSA) is 43.6 Å². The van der Waals surface area contributed by atoms with Crippen LogP contribution in [0.15, 0.2) is 60.8 Å². The number of aryl methyl sites for hydroxylation is 1. The highest BCUT2D eigenvalue weighted by atomic mass is 19.4. The van der Waals surface area contributed by atoms with Crippen LogP contribution < -0.4 is 0 Å². The molecule has 0 amide bonds. The second-order valence-corrected chi connectivity index (χ2v) is 7.14. The average molecular weight is 396 g/mol. The van der Waals surface area contributed by atoms with Crippen molar-refractivity contribution in [2.24, 2.45) is 0 Å². The molecule has 0 radical (unpaired) electrons. The van der Waals surface area contributed by atoms with Crippen molar-refractivity contribution in [3.8, 4) is 17.1 Å². The summed E-state index contributed by atoms with van der Waals surface area (Å²) in [5.74, 6) is -0.00152. The molecule has 0 N–H and O–H groups in total. The minimum atomic E-state index is -4.22. The smallest absolute Gasteiger partial charge is 0.253 e. The van der Waals surface area contributed by atoms with Gasteiger partial charge in [-0.15, -0.1) is 0 Å². The second kappa shape index (κ2) is 7.31. The molecule has 4 nitrogen and oxygen atoms in total. The summed E-state index contributed by atoms with van der Waals surface area (Å²) in [6, 6.07) is 16.7. The van der Waals surface area contributed by atoms with Crippen LogP contribution in [0.5, 0.6) is 0 Å². The minimum Gasteiger partial charge on any atom is -0.253 e. The number of rotatable bonds is 4. The maximum atomic E-state index is 12.7. The Balaban J connectivity index is 1.74. The van der Waals surface area contributed by atoms with E-state index in [1.165, 1.54) is 0 Å². The van der Waals surface area contributed by atoms with Gasteiger partial charge in [0.25, 0.3) is 0 Å². The van der Waals surface area contributed by atoms with Gasteiger partial charge in [0.15, 0.2) is 5.82 Å². The van der Waals surface area contributed by atoms with E-state index in [1.54, 1.807) is 36.0 Å². The van der Waals surface area contributed by atoms with Crippen LogP contribution in [0.4, 0.5) is 13.2 Å². The van der Waals surface area contributed by atoms with Gasteiger partial charge in [0.1, 0.15) is 0 Å². The summed E-state index contributed by atoms with van der Waals surface area (Å²) in [6.45, 7) is 3.46. The Morgan fingerprint density at radius 2 is 1.79 bits per heavy atom. The zero-order chi connectivity index (χ0) is 20.6. The lowest BCUT2D eigenvalue weighted by molar-refractivity contribution is -0.138. The fourth-order valence-electron chi connectivity index (χ4n) is 3.35. The molecular weight excluding hydrogens is 377 g/mol. The van der Waals surface area contributed by atoms with Crippen LogP contribution in [0.3, 0.4) is 0 Å². The fraction of sp³-hybridized carbons (Fsp3) is 0.227. The molecule has 0 aliphatic carbocycles. The van der Waals surface area contributed by atoms with Crippen molar-refractivity contribution in [2.45, 2.75) is 32.4 Å². The molecule has 0 bridgehead atoms. The third-order valence-corrected chi connectivity index (χ3v) is 4.77. The lowest BCUT2D eigenvalue weighted by Gasteiger charge is -2.14. The van der Waals surface area contributed by atoms with Gasteiger partial charge in [-0.1, -0.05) is 31.2 Å². The molecule has 1 atom stereocenters. The quantitative estimate of drug-likeness (QED) is 0.435. The van der Waals surface area contributed by atoms with Crippen LogP contribution in [-0.2, 0) is 0 Å². The minimum absolute atomic E-state index is 0.425. The van der Waals surface area contributed by atoms with E-state index in [1.807, 2.05) is 43.3 Å². The Hall–Kier alpha value is -3.22. The van der Waals surface area contributed by atoms with Crippen molar-refractivity contribution >= 4 is 10.9 Å². The third kappa shape index (κ3) is 4.13. The monoisotopic (exact) mass is 396 g/mol. The van der Waals surface area contributed by atoms with Gasteiger partial charge in [-0.3, -0.25) is 4.98 Å². The van der Waals surface area contributed by atoms with E-state index in [2.05, 4.69) is 15.1 Å². The molecular formula is C22H19F3N4. The zero-order valence-corrected chi connectivity index (χ0v) is 16.0. The number of aromatic nitrogens is 4. The third-order valence-electron chi connectivity index (χ3n) is 4.77. The second-order valence-electron chi connectivity index (χ2n) is 7.14. The van der Waals surface area contributed by atoms with Gasteiger partial charge in [-0.25, -0.2) is 9.67 Å². The van der Waals surface area contributed by atoms with Crippen molar-refractivity contribution in [3.05, 3.63) is 72.2 Å². The van der Waals surface area contributed by atoms with E-state index in [0.29, 0.717) is 17.2 Å². The van der Waals surface area contributed by atoms with E-state index in [0.717, 1.165) is 22.2 Å². The lowest BCUT2D eigenvalue weighted by Crippen LogP contribution is -2.12. The first kappa shape index (κ1) is 19.1. The summed E-state index contributed by atoms with van der Waals surface area (Å²) < 4.78 is 40.0. The molecule has 0 aliphatic heterocycles. The van der Waals surface area contributed by atoms with Gasteiger partial charge in [-0.05, 0) is 37.3 Å².